The van der Waals surface area contributed by atoms with Crippen molar-refractivity contribution in [2.45, 2.75) is 38.3 Å². The molecule has 1 aromatic carbocycles. The fraction of sp³-hybridized carbons (Fsp3) is 0.350. The average molecular weight is 447 g/mol. The molecule has 4 rings (SSSR count). The molecule has 0 atom stereocenters. The standard InChI is InChI=1S/C20H16Cl2N4O4/c1-2-30-10-15(18(27)11-3-4-11)19(28)13-7-8-16(21)14(17(13)22)9-25-20(29)26(24-23-25)12-5-6-12/h1,7-8,10-12H,3-6,9H2/b15-10-. The molecular formula is C20H16Cl2N4O4. The van der Waals surface area contributed by atoms with Crippen LogP contribution < -0.4 is 5.69 Å². The summed E-state index contributed by atoms with van der Waals surface area (Å²) in [6.07, 6.45) is 11.1. The lowest BCUT2D eigenvalue weighted by Gasteiger charge is -2.12. The zero-order valence-corrected chi connectivity index (χ0v) is 17.2. The maximum absolute atomic E-state index is 13.1. The third-order valence-corrected chi connectivity index (χ3v) is 5.78. The second-order valence-electron chi connectivity index (χ2n) is 7.22. The molecule has 0 aliphatic heterocycles. The lowest BCUT2D eigenvalue weighted by molar-refractivity contribution is -0.116. The highest BCUT2D eigenvalue weighted by Crippen LogP contribution is 2.35. The number of allylic oxidation sites excluding steroid dienone is 1. The molecular weight excluding hydrogens is 431 g/mol. The summed E-state index contributed by atoms with van der Waals surface area (Å²) in [5.74, 6) is -1.19. The van der Waals surface area contributed by atoms with Gasteiger partial charge in [-0.3, -0.25) is 9.59 Å². The molecule has 0 unspecified atom stereocenters. The van der Waals surface area contributed by atoms with Gasteiger partial charge in [0.15, 0.2) is 5.78 Å². The predicted molar refractivity (Wildman–Crippen MR) is 108 cm³/mol. The minimum atomic E-state index is -0.626. The quantitative estimate of drug-likeness (QED) is 0.154. The van der Waals surface area contributed by atoms with Crippen molar-refractivity contribution >= 4 is 34.8 Å². The number of hydrogen-bond acceptors (Lipinski definition) is 6. The average Bonchev–Trinajstić information content (AvgIpc) is 3.64. The van der Waals surface area contributed by atoms with Crippen molar-refractivity contribution < 1.29 is 14.3 Å². The minimum absolute atomic E-state index is 0.0237. The van der Waals surface area contributed by atoms with Crippen LogP contribution in [0.25, 0.3) is 0 Å². The monoisotopic (exact) mass is 446 g/mol. The van der Waals surface area contributed by atoms with Gasteiger partial charge in [-0.1, -0.05) is 29.6 Å². The van der Waals surface area contributed by atoms with Gasteiger partial charge >= 0.3 is 5.69 Å². The van der Waals surface area contributed by atoms with Crippen LogP contribution in [0.1, 0.15) is 47.6 Å². The van der Waals surface area contributed by atoms with Crippen LogP contribution in [0.3, 0.4) is 0 Å². The second-order valence-corrected chi connectivity index (χ2v) is 8.00. The van der Waals surface area contributed by atoms with E-state index in [0.717, 1.165) is 23.8 Å². The van der Waals surface area contributed by atoms with Crippen LogP contribution in [0, 0.1) is 18.4 Å². The lowest BCUT2D eigenvalue weighted by atomic mass is 9.97. The van der Waals surface area contributed by atoms with E-state index < -0.39 is 5.78 Å². The highest BCUT2D eigenvalue weighted by Gasteiger charge is 2.36. The van der Waals surface area contributed by atoms with Gasteiger partial charge in [0.2, 0.25) is 5.78 Å². The topological polar surface area (TPSA) is 96.1 Å². The Morgan fingerprint density at radius 2 is 1.97 bits per heavy atom. The number of carbonyl (C=O) groups is 2. The fourth-order valence-electron chi connectivity index (χ4n) is 3.03. The number of aromatic nitrogens is 4. The highest BCUT2D eigenvalue weighted by molar-refractivity contribution is 6.40. The van der Waals surface area contributed by atoms with E-state index in [4.69, 9.17) is 34.4 Å². The van der Waals surface area contributed by atoms with Crippen molar-refractivity contribution in [2.24, 2.45) is 5.92 Å². The molecule has 0 spiro atoms. The van der Waals surface area contributed by atoms with E-state index in [-0.39, 0.29) is 51.2 Å². The molecule has 2 aromatic rings. The van der Waals surface area contributed by atoms with Gasteiger partial charge < -0.3 is 4.74 Å². The molecule has 1 aromatic heterocycles. The smallest absolute Gasteiger partial charge is 0.364 e. The van der Waals surface area contributed by atoms with Crippen molar-refractivity contribution in [3.8, 4) is 12.5 Å². The Morgan fingerprint density at radius 3 is 2.60 bits per heavy atom. The summed E-state index contributed by atoms with van der Waals surface area (Å²) in [5.41, 5.74) is -0.180. The van der Waals surface area contributed by atoms with Crippen molar-refractivity contribution in [3.05, 3.63) is 55.6 Å². The molecule has 154 valence electrons. The predicted octanol–water partition coefficient (Wildman–Crippen LogP) is 2.78. The number of nitrogens with zero attached hydrogens (tertiary/aromatic N) is 4. The Morgan fingerprint density at radius 1 is 1.23 bits per heavy atom. The summed E-state index contributed by atoms with van der Waals surface area (Å²) < 4.78 is 7.22. The van der Waals surface area contributed by atoms with Gasteiger partial charge in [0.05, 0.1) is 17.6 Å². The molecule has 0 bridgehead atoms. The van der Waals surface area contributed by atoms with Gasteiger partial charge in [0, 0.05) is 22.1 Å². The number of carbonyl (C=O) groups excluding carboxylic acids is 2. The zero-order chi connectivity index (χ0) is 21.4. The Hall–Kier alpha value is -2.89. The van der Waals surface area contributed by atoms with Gasteiger partial charge in [0.1, 0.15) is 17.9 Å². The van der Waals surface area contributed by atoms with Crippen LogP contribution in [0.4, 0.5) is 0 Å². The molecule has 2 saturated carbocycles. The molecule has 0 amide bonds. The molecule has 30 heavy (non-hydrogen) atoms. The number of ketones is 2. The third kappa shape index (κ3) is 3.91. The Bertz CT molecular complexity index is 1170. The molecule has 2 fully saturated rings. The molecule has 10 heteroatoms. The number of ether oxygens (including phenoxy) is 1. The summed E-state index contributed by atoms with van der Waals surface area (Å²) >= 11 is 12.8. The van der Waals surface area contributed by atoms with Gasteiger partial charge in [-0.15, -0.1) is 0 Å². The largest absolute Gasteiger partial charge is 0.415 e. The van der Waals surface area contributed by atoms with Crippen molar-refractivity contribution in [2.75, 3.05) is 0 Å². The number of benzene rings is 1. The summed E-state index contributed by atoms with van der Waals surface area (Å²) in [6, 6.07) is 2.97. The first kappa shape index (κ1) is 20.4. The van der Waals surface area contributed by atoms with Gasteiger partial charge in [0.25, 0.3) is 0 Å². The first-order valence-corrected chi connectivity index (χ1v) is 10.1. The number of tetrazole rings is 1. The molecule has 8 nitrogen and oxygen atoms in total. The Balaban J connectivity index is 1.68. The maximum atomic E-state index is 13.1. The van der Waals surface area contributed by atoms with E-state index >= 15 is 0 Å². The van der Waals surface area contributed by atoms with Crippen LogP contribution >= 0.6 is 23.2 Å². The van der Waals surface area contributed by atoms with Crippen LogP contribution in [-0.2, 0) is 16.1 Å². The van der Waals surface area contributed by atoms with Gasteiger partial charge in [-0.05, 0) is 48.2 Å². The van der Waals surface area contributed by atoms with Gasteiger partial charge in [-0.25, -0.2) is 4.79 Å². The number of rotatable bonds is 8. The third-order valence-electron chi connectivity index (χ3n) is 5.00. The SMILES string of the molecule is C#CO/C=C(\C(=O)c1ccc(Cl)c(Cn2nnn(C3CC3)c2=O)c1Cl)C(=O)C1CC1. The van der Waals surface area contributed by atoms with E-state index in [0.29, 0.717) is 18.4 Å². The van der Waals surface area contributed by atoms with Crippen molar-refractivity contribution in [3.63, 3.8) is 0 Å². The molecule has 1 heterocycles. The number of halogens is 2. The normalized spacial score (nSPS) is 16.2. The minimum Gasteiger partial charge on any atom is -0.415 e. The summed E-state index contributed by atoms with van der Waals surface area (Å²) in [7, 11) is 0. The lowest BCUT2D eigenvalue weighted by Crippen LogP contribution is -2.25. The number of terminal acetylenes is 1. The van der Waals surface area contributed by atoms with Crippen LogP contribution in [0.2, 0.25) is 10.0 Å². The van der Waals surface area contributed by atoms with E-state index in [1.807, 2.05) is 6.11 Å². The van der Waals surface area contributed by atoms with Crippen LogP contribution in [-0.4, -0.2) is 31.4 Å². The molecule has 2 aliphatic carbocycles. The molecule has 2 aliphatic rings. The Kier molecular flexibility index (Phi) is 5.50. The molecule has 0 radical (unpaired) electrons. The van der Waals surface area contributed by atoms with E-state index in [1.165, 1.54) is 16.8 Å². The van der Waals surface area contributed by atoms with Gasteiger partial charge in [-0.2, -0.15) is 9.36 Å². The van der Waals surface area contributed by atoms with E-state index in [2.05, 4.69) is 10.4 Å². The summed E-state index contributed by atoms with van der Waals surface area (Å²) in [5, 5.41) is 8.03. The zero-order valence-electron chi connectivity index (χ0n) is 15.7. The first-order valence-electron chi connectivity index (χ1n) is 9.32. The van der Waals surface area contributed by atoms with E-state index in [9.17, 15) is 14.4 Å². The summed E-state index contributed by atoms with van der Waals surface area (Å²) in [4.78, 5) is 38.0. The number of Topliss-reactive ketones (excluding diaryl/α,β-unsaturated/α-hetero) is 2. The van der Waals surface area contributed by atoms with Crippen LogP contribution in [0.15, 0.2) is 28.8 Å². The van der Waals surface area contributed by atoms with Crippen molar-refractivity contribution in [1.29, 1.82) is 0 Å². The summed E-state index contributed by atoms with van der Waals surface area (Å²) in [6.45, 7) is -0.0686. The molecule has 0 N–H and O–H groups in total. The molecule has 0 saturated heterocycles. The van der Waals surface area contributed by atoms with Crippen LogP contribution in [0.5, 0.6) is 0 Å². The van der Waals surface area contributed by atoms with Crippen molar-refractivity contribution in [1.82, 2.24) is 19.8 Å². The first-order chi connectivity index (χ1) is 14.4. The number of hydrogen-bond donors (Lipinski definition) is 0. The fourth-order valence-corrected chi connectivity index (χ4v) is 3.60. The Labute approximate surface area is 181 Å². The second kappa shape index (κ2) is 8.09. The maximum Gasteiger partial charge on any atom is 0.364 e. The highest BCUT2D eigenvalue weighted by atomic mass is 35.5. The van der Waals surface area contributed by atoms with E-state index in [1.54, 1.807) is 0 Å².